The highest BCUT2D eigenvalue weighted by atomic mass is 16.2. The number of rotatable bonds is 5. The lowest BCUT2D eigenvalue weighted by atomic mass is 10.0. The number of amides is 2. The van der Waals surface area contributed by atoms with Crippen LogP contribution in [0.2, 0.25) is 0 Å². The van der Waals surface area contributed by atoms with Crippen molar-refractivity contribution in [2.75, 3.05) is 26.2 Å². The van der Waals surface area contributed by atoms with Gasteiger partial charge in [0.1, 0.15) is 12.6 Å². The molecule has 2 amide bonds. The van der Waals surface area contributed by atoms with Crippen LogP contribution in [0.4, 0.5) is 0 Å². The van der Waals surface area contributed by atoms with E-state index in [1.54, 1.807) is 9.80 Å². The van der Waals surface area contributed by atoms with Crippen molar-refractivity contribution in [3.05, 3.63) is 108 Å². The number of carbonyl (C=O) groups is 2. The smallest absolute Gasteiger partial charge is 0.247 e. The van der Waals surface area contributed by atoms with Crippen LogP contribution in [0.1, 0.15) is 11.1 Å². The molecule has 4 aromatic carbocycles. The molecule has 2 aliphatic rings. The van der Waals surface area contributed by atoms with E-state index in [9.17, 15) is 9.59 Å². The Balaban J connectivity index is 1.14. The summed E-state index contributed by atoms with van der Waals surface area (Å²) in [6.07, 6.45) is 0. The zero-order valence-corrected chi connectivity index (χ0v) is 20.2. The van der Waals surface area contributed by atoms with Crippen LogP contribution < -0.4 is 0 Å². The van der Waals surface area contributed by atoms with Crippen LogP contribution in [0.3, 0.4) is 0 Å². The van der Waals surface area contributed by atoms with E-state index < -0.39 is 6.04 Å². The summed E-state index contributed by atoms with van der Waals surface area (Å²) in [4.78, 5) is 32.2. The van der Waals surface area contributed by atoms with Crippen molar-refractivity contribution in [1.82, 2.24) is 14.7 Å². The zero-order valence-electron chi connectivity index (χ0n) is 20.2. The first-order chi connectivity index (χ1) is 17.6. The third kappa shape index (κ3) is 4.50. The van der Waals surface area contributed by atoms with Gasteiger partial charge < -0.3 is 9.80 Å². The first-order valence-corrected chi connectivity index (χ1v) is 12.6. The van der Waals surface area contributed by atoms with Crippen molar-refractivity contribution in [2.45, 2.75) is 19.1 Å². The van der Waals surface area contributed by atoms with E-state index in [0.29, 0.717) is 19.6 Å². The minimum absolute atomic E-state index is 0.0480. The highest BCUT2D eigenvalue weighted by Gasteiger charge is 2.42. The van der Waals surface area contributed by atoms with E-state index in [-0.39, 0.29) is 18.4 Å². The summed E-state index contributed by atoms with van der Waals surface area (Å²) >= 11 is 0. The predicted octanol–water partition coefficient (Wildman–Crippen LogP) is 4.56. The van der Waals surface area contributed by atoms with E-state index in [4.69, 9.17) is 0 Å². The lowest BCUT2D eigenvalue weighted by Gasteiger charge is -2.46. The van der Waals surface area contributed by atoms with E-state index in [0.717, 1.165) is 24.0 Å². The fourth-order valence-corrected chi connectivity index (χ4v) is 5.42. The van der Waals surface area contributed by atoms with Crippen molar-refractivity contribution in [2.24, 2.45) is 0 Å². The van der Waals surface area contributed by atoms with Crippen LogP contribution in [0.15, 0.2) is 97.1 Å². The zero-order chi connectivity index (χ0) is 24.5. The maximum Gasteiger partial charge on any atom is 0.247 e. The van der Waals surface area contributed by atoms with Gasteiger partial charge in [0, 0.05) is 32.7 Å². The van der Waals surface area contributed by atoms with Crippen molar-refractivity contribution in [3.8, 4) is 11.1 Å². The Kier molecular flexibility index (Phi) is 5.99. The Bertz CT molecular complexity index is 1400. The molecule has 6 rings (SSSR count). The van der Waals surface area contributed by atoms with Crippen LogP contribution in [0, 0.1) is 0 Å². The predicted molar refractivity (Wildman–Crippen MR) is 142 cm³/mol. The first kappa shape index (κ1) is 22.5. The highest BCUT2D eigenvalue weighted by Crippen LogP contribution is 2.24. The van der Waals surface area contributed by atoms with Gasteiger partial charge in [0.25, 0.3) is 0 Å². The van der Waals surface area contributed by atoms with Gasteiger partial charge in [-0.05, 0) is 39.1 Å². The molecule has 2 aliphatic heterocycles. The van der Waals surface area contributed by atoms with Crippen LogP contribution in [-0.2, 0) is 22.7 Å². The van der Waals surface area contributed by atoms with Crippen LogP contribution in [0.5, 0.6) is 0 Å². The number of hydrogen-bond acceptors (Lipinski definition) is 3. The molecule has 2 heterocycles. The lowest BCUT2D eigenvalue weighted by Crippen LogP contribution is -2.66. The van der Waals surface area contributed by atoms with Crippen molar-refractivity contribution in [3.63, 3.8) is 0 Å². The van der Waals surface area contributed by atoms with Crippen molar-refractivity contribution >= 4 is 22.6 Å². The second-order valence-corrected chi connectivity index (χ2v) is 9.78. The summed E-state index contributed by atoms with van der Waals surface area (Å²) in [5.41, 5.74) is 4.66. The van der Waals surface area contributed by atoms with Gasteiger partial charge >= 0.3 is 0 Å². The van der Waals surface area contributed by atoms with E-state index in [1.807, 2.05) is 18.2 Å². The van der Waals surface area contributed by atoms with Gasteiger partial charge in [0.15, 0.2) is 0 Å². The van der Waals surface area contributed by atoms with Crippen molar-refractivity contribution in [1.29, 1.82) is 0 Å². The van der Waals surface area contributed by atoms with Gasteiger partial charge in [-0.1, -0.05) is 91.0 Å². The molecule has 1 unspecified atom stereocenters. The molecule has 0 N–H and O–H groups in total. The van der Waals surface area contributed by atoms with Gasteiger partial charge in [-0.2, -0.15) is 0 Å². The fraction of sp³-hybridized carbons (Fsp3) is 0.226. The summed E-state index contributed by atoms with van der Waals surface area (Å²) < 4.78 is 0. The summed E-state index contributed by atoms with van der Waals surface area (Å²) in [5, 5.41) is 2.32. The molecular formula is C31H29N3O2. The Morgan fingerprint density at radius 2 is 1.36 bits per heavy atom. The fourth-order valence-electron chi connectivity index (χ4n) is 5.42. The average molecular weight is 476 g/mol. The Labute approximate surface area is 211 Å². The maximum absolute atomic E-state index is 13.5. The minimum Gasteiger partial charge on any atom is -0.327 e. The minimum atomic E-state index is -0.413. The van der Waals surface area contributed by atoms with E-state index in [1.165, 1.54) is 22.1 Å². The molecule has 5 heteroatoms. The van der Waals surface area contributed by atoms with Gasteiger partial charge in [-0.25, -0.2) is 0 Å². The Morgan fingerprint density at radius 1 is 0.667 bits per heavy atom. The maximum atomic E-state index is 13.5. The van der Waals surface area contributed by atoms with Gasteiger partial charge in [0.2, 0.25) is 11.8 Å². The second-order valence-electron chi connectivity index (χ2n) is 9.78. The molecular weight excluding hydrogens is 446 g/mol. The Morgan fingerprint density at radius 3 is 2.17 bits per heavy atom. The van der Waals surface area contributed by atoms with Crippen LogP contribution in [-0.4, -0.2) is 58.7 Å². The van der Waals surface area contributed by atoms with Gasteiger partial charge in [-0.15, -0.1) is 0 Å². The van der Waals surface area contributed by atoms with Gasteiger partial charge in [0.05, 0.1) is 0 Å². The monoisotopic (exact) mass is 475 g/mol. The molecule has 0 saturated carbocycles. The molecule has 0 bridgehead atoms. The first-order valence-electron chi connectivity index (χ1n) is 12.6. The third-order valence-corrected chi connectivity index (χ3v) is 7.36. The number of nitrogens with zero attached hydrogens (tertiary/aromatic N) is 3. The number of fused-ring (bicyclic) bond motifs is 2. The largest absolute Gasteiger partial charge is 0.327 e. The van der Waals surface area contributed by atoms with Crippen molar-refractivity contribution < 1.29 is 9.59 Å². The molecule has 5 nitrogen and oxygen atoms in total. The van der Waals surface area contributed by atoms with Crippen LogP contribution in [0.25, 0.3) is 21.9 Å². The molecule has 36 heavy (non-hydrogen) atoms. The Hall–Kier alpha value is -3.96. The molecule has 0 aliphatic carbocycles. The summed E-state index contributed by atoms with van der Waals surface area (Å²) in [6, 6.07) is 33.0. The SMILES string of the molecule is O=C1C2CN(Cc3ccc(-c4ccccc4)cc3)CCN2C(=O)CN1Cc1ccc2ccccc2c1. The molecule has 1 atom stereocenters. The summed E-state index contributed by atoms with van der Waals surface area (Å²) in [6.45, 7) is 3.33. The van der Waals surface area contributed by atoms with E-state index in [2.05, 4.69) is 83.8 Å². The lowest BCUT2D eigenvalue weighted by molar-refractivity contribution is -0.160. The molecule has 0 aromatic heterocycles. The average Bonchev–Trinajstić information content (AvgIpc) is 2.92. The third-order valence-electron chi connectivity index (χ3n) is 7.36. The quantitative estimate of drug-likeness (QED) is 0.425. The number of piperazine rings is 2. The van der Waals surface area contributed by atoms with E-state index >= 15 is 0 Å². The second kappa shape index (κ2) is 9.59. The normalized spacial score (nSPS) is 18.5. The molecule has 0 radical (unpaired) electrons. The number of benzene rings is 4. The molecule has 0 spiro atoms. The number of carbonyl (C=O) groups excluding carboxylic acids is 2. The summed E-state index contributed by atoms with van der Waals surface area (Å²) in [5.74, 6) is 0.0964. The molecule has 2 fully saturated rings. The standard InChI is InChI=1S/C31H29N3O2/c35-30-22-33(20-24-12-15-26-8-4-5-9-28(26)18-24)31(36)29-21-32(16-17-34(29)30)19-23-10-13-27(14-11-23)25-6-2-1-3-7-25/h1-15,18,29H,16-17,19-22H2. The highest BCUT2D eigenvalue weighted by molar-refractivity contribution is 5.95. The van der Waals surface area contributed by atoms with Crippen LogP contribution >= 0.6 is 0 Å². The van der Waals surface area contributed by atoms with Gasteiger partial charge in [-0.3, -0.25) is 14.5 Å². The topological polar surface area (TPSA) is 43.9 Å². The molecule has 2 saturated heterocycles. The molecule has 4 aromatic rings. The number of hydrogen-bond donors (Lipinski definition) is 0. The molecule has 180 valence electrons. The summed E-state index contributed by atoms with van der Waals surface area (Å²) in [7, 11) is 0.